The van der Waals surface area contributed by atoms with Gasteiger partial charge in [-0.05, 0) is 31.2 Å². The second kappa shape index (κ2) is 4.05. The zero-order valence-corrected chi connectivity index (χ0v) is 8.18. The van der Waals surface area contributed by atoms with Crippen LogP contribution in [0.5, 0.6) is 0 Å². The second-order valence-corrected chi connectivity index (χ2v) is 3.40. The van der Waals surface area contributed by atoms with E-state index in [9.17, 15) is 0 Å². The third-order valence-electron chi connectivity index (χ3n) is 2.06. The highest BCUT2D eigenvalue weighted by atomic mass is 16.3. The van der Waals surface area contributed by atoms with E-state index in [-0.39, 0.29) is 0 Å². The highest BCUT2D eigenvalue weighted by Gasteiger charge is 2.04. The van der Waals surface area contributed by atoms with E-state index in [0.717, 1.165) is 12.2 Å². The van der Waals surface area contributed by atoms with Crippen LogP contribution in [0.15, 0.2) is 47.3 Å². The van der Waals surface area contributed by atoms with Gasteiger partial charge in [-0.3, -0.25) is 4.68 Å². The molecule has 0 fully saturated rings. The molecule has 0 aliphatic rings. The van der Waals surface area contributed by atoms with E-state index in [0.29, 0.717) is 6.04 Å². The van der Waals surface area contributed by atoms with Crippen LogP contribution in [0.25, 0.3) is 0 Å². The van der Waals surface area contributed by atoms with E-state index in [1.54, 1.807) is 6.26 Å². The predicted molar refractivity (Wildman–Crippen MR) is 55.7 cm³/mol. The van der Waals surface area contributed by atoms with Gasteiger partial charge in [-0.15, -0.1) is 0 Å². The van der Waals surface area contributed by atoms with Crippen molar-refractivity contribution in [3.8, 4) is 0 Å². The molecule has 1 atom stereocenters. The molecule has 3 heteroatoms. The van der Waals surface area contributed by atoms with Crippen LogP contribution in [0.2, 0.25) is 0 Å². The van der Waals surface area contributed by atoms with Gasteiger partial charge in [-0.25, -0.2) is 0 Å². The Bertz CT molecular complexity index is 314. The van der Waals surface area contributed by atoms with Gasteiger partial charge < -0.3 is 9.84 Å². The summed E-state index contributed by atoms with van der Waals surface area (Å²) in [7, 11) is 0. The van der Waals surface area contributed by atoms with Crippen molar-refractivity contribution in [3.05, 3.63) is 48.7 Å². The molecule has 0 aliphatic carbocycles. The number of nitrogens with zero attached hydrogens (tertiary/aromatic N) is 1. The quantitative estimate of drug-likeness (QED) is 0.801. The van der Waals surface area contributed by atoms with Gasteiger partial charge in [0.15, 0.2) is 0 Å². The maximum absolute atomic E-state index is 5.27. The molecule has 3 nitrogen and oxygen atoms in total. The van der Waals surface area contributed by atoms with Crippen molar-refractivity contribution in [2.24, 2.45) is 0 Å². The fourth-order valence-electron chi connectivity index (χ4n) is 1.45. The Morgan fingerprint density at radius 3 is 2.79 bits per heavy atom. The van der Waals surface area contributed by atoms with Crippen LogP contribution in [-0.2, 0) is 6.42 Å². The fourth-order valence-corrected chi connectivity index (χ4v) is 1.45. The molecule has 74 valence electrons. The summed E-state index contributed by atoms with van der Waals surface area (Å²) in [4.78, 5) is 0. The first-order valence-electron chi connectivity index (χ1n) is 4.76. The monoisotopic (exact) mass is 190 g/mol. The van der Waals surface area contributed by atoms with Crippen LogP contribution in [0, 0.1) is 0 Å². The van der Waals surface area contributed by atoms with Crippen molar-refractivity contribution in [1.29, 1.82) is 0 Å². The molecule has 0 amide bonds. The lowest BCUT2D eigenvalue weighted by Crippen LogP contribution is -2.25. The second-order valence-electron chi connectivity index (χ2n) is 3.40. The minimum Gasteiger partial charge on any atom is -0.469 e. The standard InChI is InChI=1S/C11H14N2O/c1-10(9-11-5-4-8-14-11)12-13-6-2-3-7-13/h2-8,10,12H,9H2,1H3. The summed E-state index contributed by atoms with van der Waals surface area (Å²) in [5.41, 5.74) is 3.32. The van der Waals surface area contributed by atoms with Gasteiger partial charge in [-0.1, -0.05) is 0 Å². The Kier molecular flexibility index (Phi) is 2.58. The minimum absolute atomic E-state index is 0.355. The van der Waals surface area contributed by atoms with Crippen LogP contribution >= 0.6 is 0 Å². The van der Waals surface area contributed by atoms with E-state index in [4.69, 9.17) is 4.42 Å². The normalized spacial score (nSPS) is 12.6. The number of hydrogen-bond donors (Lipinski definition) is 1. The lowest BCUT2D eigenvalue weighted by atomic mass is 10.2. The summed E-state index contributed by atoms with van der Waals surface area (Å²) in [6.07, 6.45) is 6.57. The molecule has 0 saturated heterocycles. The Morgan fingerprint density at radius 2 is 2.14 bits per heavy atom. The number of aromatic nitrogens is 1. The van der Waals surface area contributed by atoms with Crippen molar-refractivity contribution < 1.29 is 4.42 Å². The topological polar surface area (TPSA) is 30.1 Å². The van der Waals surface area contributed by atoms with Gasteiger partial charge in [0.2, 0.25) is 0 Å². The molecule has 1 N–H and O–H groups in total. The summed E-state index contributed by atoms with van der Waals surface area (Å²) < 4.78 is 7.23. The molecule has 0 saturated carbocycles. The summed E-state index contributed by atoms with van der Waals surface area (Å²) >= 11 is 0. The van der Waals surface area contributed by atoms with Crippen molar-refractivity contribution in [2.75, 3.05) is 5.43 Å². The smallest absolute Gasteiger partial charge is 0.105 e. The third-order valence-corrected chi connectivity index (χ3v) is 2.06. The number of furan rings is 1. The maximum atomic E-state index is 5.27. The molecule has 1 unspecified atom stereocenters. The van der Waals surface area contributed by atoms with Crippen molar-refractivity contribution in [2.45, 2.75) is 19.4 Å². The fraction of sp³-hybridized carbons (Fsp3) is 0.273. The van der Waals surface area contributed by atoms with Gasteiger partial charge in [-0.2, -0.15) is 0 Å². The van der Waals surface area contributed by atoms with Crippen LogP contribution in [-0.4, -0.2) is 10.7 Å². The molecular formula is C11H14N2O. The largest absolute Gasteiger partial charge is 0.469 e. The van der Waals surface area contributed by atoms with Crippen molar-refractivity contribution >= 4 is 0 Å². The van der Waals surface area contributed by atoms with E-state index >= 15 is 0 Å². The molecule has 14 heavy (non-hydrogen) atoms. The molecule has 2 aromatic heterocycles. The molecule has 2 aromatic rings. The van der Waals surface area contributed by atoms with Gasteiger partial charge in [0.1, 0.15) is 5.76 Å². The third kappa shape index (κ3) is 2.19. The Hall–Kier alpha value is -1.64. The van der Waals surface area contributed by atoms with E-state index < -0.39 is 0 Å². The number of nitrogens with one attached hydrogen (secondary N) is 1. The molecule has 0 aliphatic heterocycles. The van der Waals surface area contributed by atoms with Gasteiger partial charge in [0.05, 0.1) is 6.26 Å². The first-order valence-corrected chi connectivity index (χ1v) is 4.76. The zero-order valence-electron chi connectivity index (χ0n) is 8.18. The Balaban J connectivity index is 1.88. The Labute approximate surface area is 83.3 Å². The molecule has 0 bridgehead atoms. The van der Waals surface area contributed by atoms with Crippen molar-refractivity contribution in [3.63, 3.8) is 0 Å². The minimum atomic E-state index is 0.355. The molecule has 0 radical (unpaired) electrons. The van der Waals surface area contributed by atoms with Gasteiger partial charge >= 0.3 is 0 Å². The van der Waals surface area contributed by atoms with E-state index in [2.05, 4.69) is 12.3 Å². The molecule has 0 spiro atoms. The van der Waals surface area contributed by atoms with E-state index in [1.165, 1.54) is 0 Å². The molecular weight excluding hydrogens is 176 g/mol. The van der Waals surface area contributed by atoms with Crippen LogP contribution in [0.3, 0.4) is 0 Å². The summed E-state index contributed by atoms with van der Waals surface area (Å²) in [6, 6.07) is 8.25. The van der Waals surface area contributed by atoms with E-state index in [1.807, 2.05) is 41.3 Å². The van der Waals surface area contributed by atoms with Crippen LogP contribution < -0.4 is 5.43 Å². The summed E-state index contributed by atoms with van der Waals surface area (Å²) in [5, 5.41) is 0. The molecule has 2 heterocycles. The first-order chi connectivity index (χ1) is 6.84. The van der Waals surface area contributed by atoms with Crippen LogP contribution in [0.4, 0.5) is 0 Å². The van der Waals surface area contributed by atoms with Crippen molar-refractivity contribution in [1.82, 2.24) is 4.68 Å². The molecule has 0 aromatic carbocycles. The average molecular weight is 190 g/mol. The maximum Gasteiger partial charge on any atom is 0.105 e. The van der Waals surface area contributed by atoms with Crippen LogP contribution in [0.1, 0.15) is 12.7 Å². The predicted octanol–water partition coefficient (Wildman–Crippen LogP) is 2.26. The zero-order chi connectivity index (χ0) is 9.80. The summed E-state index contributed by atoms with van der Waals surface area (Å²) in [6.45, 7) is 2.13. The SMILES string of the molecule is CC(Cc1ccco1)Nn1cccc1. The number of rotatable bonds is 4. The highest BCUT2D eigenvalue weighted by Crippen LogP contribution is 2.04. The van der Waals surface area contributed by atoms with Gasteiger partial charge in [0.25, 0.3) is 0 Å². The lowest BCUT2D eigenvalue weighted by Gasteiger charge is -2.14. The van der Waals surface area contributed by atoms with Gasteiger partial charge in [0, 0.05) is 24.9 Å². The number of hydrogen-bond acceptors (Lipinski definition) is 2. The average Bonchev–Trinajstić information content (AvgIpc) is 2.76. The highest BCUT2D eigenvalue weighted by molar-refractivity contribution is 5.02. The Morgan fingerprint density at radius 1 is 1.36 bits per heavy atom. The first kappa shape index (κ1) is 8.94. The lowest BCUT2D eigenvalue weighted by molar-refractivity contribution is 0.490. The summed E-state index contributed by atoms with van der Waals surface area (Å²) in [5.74, 6) is 1.01. The molecule has 2 rings (SSSR count).